The lowest BCUT2D eigenvalue weighted by Gasteiger charge is -1.96. The number of Topliss-reactive ketones (excluding diaryl/α,β-unsaturated/α-hetero) is 1. The Morgan fingerprint density at radius 3 is 2.77 bits per heavy atom. The molecule has 0 aliphatic carbocycles. The number of nitrogens with zero attached hydrogens (tertiary/aromatic N) is 2. The smallest absolute Gasteiger partial charge is 0.166 e. The van der Waals surface area contributed by atoms with Gasteiger partial charge in [-0.2, -0.15) is 5.10 Å². The second-order valence-corrected chi connectivity index (χ2v) is 3.19. The van der Waals surface area contributed by atoms with E-state index < -0.39 is 0 Å². The zero-order chi connectivity index (χ0) is 9.84. The highest BCUT2D eigenvalue weighted by atomic mass is 16.1. The van der Waals surface area contributed by atoms with E-state index in [2.05, 4.69) is 5.10 Å². The Morgan fingerprint density at radius 1 is 1.54 bits per heavy atom. The van der Waals surface area contributed by atoms with Gasteiger partial charge < -0.3 is 0 Å². The fourth-order valence-corrected chi connectivity index (χ4v) is 1.39. The van der Waals surface area contributed by atoms with Gasteiger partial charge in [0.1, 0.15) is 0 Å². The van der Waals surface area contributed by atoms with E-state index >= 15 is 0 Å². The van der Waals surface area contributed by atoms with Crippen LogP contribution in [0.3, 0.4) is 0 Å². The molecular weight excluding hydrogens is 164 g/mol. The molecule has 1 heterocycles. The zero-order valence-corrected chi connectivity index (χ0v) is 8.50. The van der Waals surface area contributed by atoms with Crippen LogP contribution in [0.25, 0.3) is 0 Å². The molecule has 0 unspecified atom stereocenters. The van der Waals surface area contributed by atoms with Crippen molar-refractivity contribution in [1.82, 2.24) is 9.78 Å². The summed E-state index contributed by atoms with van der Waals surface area (Å²) in [5.74, 6) is 0.215. The van der Waals surface area contributed by atoms with Crippen LogP contribution in [-0.4, -0.2) is 15.6 Å². The molecular formula is C10H16N2O. The summed E-state index contributed by atoms with van der Waals surface area (Å²) in [6.07, 6.45) is 4.16. The van der Waals surface area contributed by atoms with Crippen LogP contribution in [0, 0.1) is 0 Å². The van der Waals surface area contributed by atoms with Crippen molar-refractivity contribution in [2.24, 2.45) is 7.05 Å². The molecule has 1 aromatic rings. The van der Waals surface area contributed by atoms with E-state index in [-0.39, 0.29) is 5.78 Å². The van der Waals surface area contributed by atoms with Crippen LogP contribution in [0.5, 0.6) is 0 Å². The van der Waals surface area contributed by atoms with Crippen molar-refractivity contribution in [3.63, 3.8) is 0 Å². The third-order valence-electron chi connectivity index (χ3n) is 2.02. The first-order valence-corrected chi connectivity index (χ1v) is 4.74. The van der Waals surface area contributed by atoms with Gasteiger partial charge in [-0.1, -0.05) is 13.8 Å². The van der Waals surface area contributed by atoms with Crippen LogP contribution in [0.4, 0.5) is 0 Å². The SMILES string of the molecule is CCCC(=O)c1cn(C)nc1CC. The van der Waals surface area contributed by atoms with Gasteiger partial charge in [0.2, 0.25) is 0 Å². The van der Waals surface area contributed by atoms with Crippen molar-refractivity contribution < 1.29 is 4.79 Å². The van der Waals surface area contributed by atoms with E-state index in [1.807, 2.05) is 27.1 Å². The van der Waals surface area contributed by atoms with Gasteiger partial charge in [-0.05, 0) is 12.8 Å². The molecule has 72 valence electrons. The molecule has 0 saturated heterocycles. The van der Waals surface area contributed by atoms with Gasteiger partial charge in [0.15, 0.2) is 5.78 Å². The Labute approximate surface area is 78.8 Å². The third-order valence-corrected chi connectivity index (χ3v) is 2.02. The fraction of sp³-hybridized carbons (Fsp3) is 0.600. The number of hydrogen-bond acceptors (Lipinski definition) is 2. The molecule has 0 bridgehead atoms. The average molecular weight is 180 g/mol. The standard InChI is InChI=1S/C10H16N2O/c1-4-6-10(13)8-7-12(3)11-9(8)5-2/h7H,4-6H2,1-3H3. The number of aromatic nitrogens is 2. The lowest BCUT2D eigenvalue weighted by atomic mass is 10.1. The van der Waals surface area contributed by atoms with Gasteiger partial charge in [0.25, 0.3) is 0 Å². The maximum absolute atomic E-state index is 11.6. The van der Waals surface area contributed by atoms with E-state index in [1.165, 1.54) is 0 Å². The molecule has 1 aromatic heterocycles. The molecule has 3 heteroatoms. The zero-order valence-electron chi connectivity index (χ0n) is 8.50. The molecule has 0 saturated carbocycles. The summed E-state index contributed by atoms with van der Waals surface area (Å²) in [5.41, 5.74) is 1.72. The first kappa shape index (κ1) is 9.96. The Balaban J connectivity index is 2.91. The Kier molecular flexibility index (Phi) is 3.23. The summed E-state index contributed by atoms with van der Waals surface area (Å²) >= 11 is 0. The van der Waals surface area contributed by atoms with Crippen molar-refractivity contribution in [3.8, 4) is 0 Å². The summed E-state index contributed by atoms with van der Waals surface area (Å²) in [6, 6.07) is 0. The molecule has 0 fully saturated rings. The number of carbonyl (C=O) groups excluding carboxylic acids is 1. The van der Waals surface area contributed by atoms with E-state index in [4.69, 9.17) is 0 Å². The van der Waals surface area contributed by atoms with Gasteiger partial charge in [0, 0.05) is 19.7 Å². The molecule has 0 amide bonds. The van der Waals surface area contributed by atoms with Crippen LogP contribution < -0.4 is 0 Å². The molecule has 0 radical (unpaired) electrons. The third kappa shape index (κ3) is 2.17. The Bertz CT molecular complexity index is 302. The highest BCUT2D eigenvalue weighted by molar-refractivity contribution is 5.96. The van der Waals surface area contributed by atoms with Crippen LogP contribution in [-0.2, 0) is 13.5 Å². The Morgan fingerprint density at radius 2 is 2.23 bits per heavy atom. The lowest BCUT2D eigenvalue weighted by Crippen LogP contribution is -2.00. The Hall–Kier alpha value is -1.12. The summed E-state index contributed by atoms with van der Waals surface area (Å²) < 4.78 is 1.71. The molecule has 0 N–H and O–H groups in total. The average Bonchev–Trinajstić information content (AvgIpc) is 2.47. The van der Waals surface area contributed by atoms with Gasteiger partial charge in [0.05, 0.1) is 11.3 Å². The number of carbonyl (C=O) groups is 1. The molecule has 0 spiro atoms. The van der Waals surface area contributed by atoms with Crippen molar-refractivity contribution in [3.05, 3.63) is 17.5 Å². The molecule has 0 atom stereocenters. The predicted molar refractivity (Wildman–Crippen MR) is 51.8 cm³/mol. The van der Waals surface area contributed by atoms with Crippen molar-refractivity contribution >= 4 is 5.78 Å². The summed E-state index contributed by atoms with van der Waals surface area (Å²) in [7, 11) is 1.85. The highest BCUT2D eigenvalue weighted by Gasteiger charge is 2.12. The maximum Gasteiger partial charge on any atom is 0.166 e. The minimum atomic E-state index is 0.215. The van der Waals surface area contributed by atoms with Gasteiger partial charge >= 0.3 is 0 Å². The van der Waals surface area contributed by atoms with Crippen LogP contribution in [0.2, 0.25) is 0 Å². The fourth-order valence-electron chi connectivity index (χ4n) is 1.39. The maximum atomic E-state index is 11.6. The van der Waals surface area contributed by atoms with Crippen molar-refractivity contribution in [2.45, 2.75) is 33.1 Å². The van der Waals surface area contributed by atoms with E-state index in [0.29, 0.717) is 6.42 Å². The second-order valence-electron chi connectivity index (χ2n) is 3.19. The minimum Gasteiger partial charge on any atom is -0.294 e. The summed E-state index contributed by atoms with van der Waals surface area (Å²) in [4.78, 5) is 11.6. The quantitative estimate of drug-likeness (QED) is 0.664. The molecule has 1 rings (SSSR count). The lowest BCUT2D eigenvalue weighted by molar-refractivity contribution is 0.0981. The van der Waals surface area contributed by atoms with E-state index in [0.717, 1.165) is 24.1 Å². The summed E-state index contributed by atoms with van der Waals surface area (Å²) in [5, 5.41) is 4.23. The predicted octanol–water partition coefficient (Wildman–Crippen LogP) is 1.97. The highest BCUT2D eigenvalue weighted by Crippen LogP contribution is 2.10. The number of aryl methyl sites for hydroxylation is 2. The van der Waals surface area contributed by atoms with Crippen molar-refractivity contribution in [1.29, 1.82) is 0 Å². The number of ketones is 1. The van der Waals surface area contributed by atoms with Crippen molar-refractivity contribution in [2.75, 3.05) is 0 Å². The van der Waals surface area contributed by atoms with E-state index in [9.17, 15) is 4.79 Å². The van der Waals surface area contributed by atoms with Gasteiger partial charge in [-0.15, -0.1) is 0 Å². The second kappa shape index (κ2) is 4.21. The first-order valence-electron chi connectivity index (χ1n) is 4.74. The molecule has 0 aliphatic rings. The van der Waals surface area contributed by atoms with Crippen LogP contribution in [0.15, 0.2) is 6.20 Å². The van der Waals surface area contributed by atoms with Gasteiger partial charge in [-0.3, -0.25) is 9.48 Å². The minimum absolute atomic E-state index is 0.215. The monoisotopic (exact) mass is 180 g/mol. The molecule has 0 aromatic carbocycles. The largest absolute Gasteiger partial charge is 0.294 e. The normalized spacial score (nSPS) is 10.4. The van der Waals surface area contributed by atoms with Gasteiger partial charge in [-0.25, -0.2) is 0 Å². The van der Waals surface area contributed by atoms with Crippen LogP contribution >= 0.6 is 0 Å². The van der Waals surface area contributed by atoms with E-state index in [1.54, 1.807) is 4.68 Å². The molecule has 0 aliphatic heterocycles. The first-order chi connectivity index (χ1) is 6.19. The number of hydrogen-bond donors (Lipinski definition) is 0. The van der Waals surface area contributed by atoms with Crippen LogP contribution in [0.1, 0.15) is 42.7 Å². The molecule has 13 heavy (non-hydrogen) atoms. The number of rotatable bonds is 4. The molecule has 3 nitrogen and oxygen atoms in total. The topological polar surface area (TPSA) is 34.9 Å². The summed E-state index contributed by atoms with van der Waals surface area (Å²) in [6.45, 7) is 4.03.